The van der Waals surface area contributed by atoms with Crippen LogP contribution >= 0.6 is 11.6 Å². The van der Waals surface area contributed by atoms with E-state index in [1.165, 1.54) is 27.9 Å². The van der Waals surface area contributed by atoms with Gasteiger partial charge >= 0.3 is 5.97 Å². The van der Waals surface area contributed by atoms with Crippen LogP contribution in [0.5, 0.6) is 0 Å². The second-order valence-electron chi connectivity index (χ2n) is 12.4. The molecule has 0 aliphatic carbocycles. The van der Waals surface area contributed by atoms with E-state index in [-0.39, 0.29) is 21.3 Å². The summed E-state index contributed by atoms with van der Waals surface area (Å²) in [7, 11) is -5.79. The molecule has 11 nitrogen and oxygen atoms in total. The lowest BCUT2D eigenvalue weighted by atomic mass is 10.0. The molecule has 2 aliphatic rings. The van der Waals surface area contributed by atoms with Crippen molar-refractivity contribution in [3.63, 3.8) is 0 Å². The minimum absolute atomic E-state index is 0.0583. The number of piperidine rings is 2. The molecule has 0 bridgehead atoms. The molecule has 0 atom stereocenters. The first-order chi connectivity index (χ1) is 22.1. The Labute approximate surface area is 279 Å². The molecule has 0 saturated carbocycles. The molecule has 0 unspecified atom stereocenters. The van der Waals surface area contributed by atoms with Crippen LogP contribution in [0.15, 0.2) is 55.0 Å². The standard InChI is InChI=1S/C17H21NO5S.C16H18ClNO4S/c1-11-6-8-18(9-7-11)24(20,21)13-4-5-15-14(10-13)12(2)16(23-15)17(19)22-3;1-10-5-7-18(8-6-10)23(20,21)12-3-4-14-13(9-12)11(2)15(22-14)16(17)19/h4-5,10-11H,6-9H2,1-3H3;3-4,9-10H,5-8H2,1-2H3. The summed E-state index contributed by atoms with van der Waals surface area (Å²) in [6.07, 6.45) is 3.49. The quantitative estimate of drug-likeness (QED) is 0.162. The molecule has 0 radical (unpaired) electrons. The fourth-order valence-electron chi connectivity index (χ4n) is 5.94. The van der Waals surface area contributed by atoms with Crippen LogP contribution < -0.4 is 0 Å². The van der Waals surface area contributed by atoms with Crippen LogP contribution in [-0.4, -0.2) is 69.9 Å². The molecule has 0 amide bonds. The topological polar surface area (TPSA) is 144 Å². The van der Waals surface area contributed by atoms with Crippen LogP contribution in [0, 0.1) is 25.7 Å². The van der Waals surface area contributed by atoms with Crippen LogP contribution in [0.4, 0.5) is 0 Å². The minimum Gasteiger partial charge on any atom is -0.463 e. The van der Waals surface area contributed by atoms with Crippen molar-refractivity contribution in [1.82, 2.24) is 8.61 Å². The second kappa shape index (κ2) is 13.7. The number of esters is 1. The number of furan rings is 2. The number of ether oxygens (including phenoxy) is 1. The van der Waals surface area contributed by atoms with E-state index in [0.29, 0.717) is 71.1 Å². The van der Waals surface area contributed by atoms with Gasteiger partial charge in [-0.25, -0.2) is 21.6 Å². The van der Waals surface area contributed by atoms with Crippen molar-refractivity contribution in [3.05, 3.63) is 59.0 Å². The molecular formula is C33H39ClN2O9S2. The number of aryl methyl sites for hydroxylation is 2. The Bertz CT molecular complexity index is 2030. The molecule has 2 saturated heterocycles. The van der Waals surface area contributed by atoms with Crippen molar-refractivity contribution < 1.29 is 40.0 Å². The Balaban J connectivity index is 0.000000185. The van der Waals surface area contributed by atoms with Gasteiger partial charge in [0.1, 0.15) is 11.2 Å². The van der Waals surface area contributed by atoms with E-state index in [1.54, 1.807) is 38.1 Å². The summed E-state index contributed by atoms with van der Waals surface area (Å²) in [6, 6.07) is 9.35. The molecule has 254 valence electrons. The molecule has 14 heteroatoms. The number of benzene rings is 2. The maximum Gasteiger partial charge on any atom is 0.374 e. The number of rotatable bonds is 6. The summed E-state index contributed by atoms with van der Waals surface area (Å²) in [4.78, 5) is 23.5. The normalized spacial score (nSPS) is 17.5. The molecule has 4 heterocycles. The summed E-state index contributed by atoms with van der Waals surface area (Å²) in [5.41, 5.74) is 2.07. The first-order valence-corrected chi connectivity index (χ1v) is 18.8. The van der Waals surface area contributed by atoms with Crippen molar-refractivity contribution in [2.75, 3.05) is 33.3 Å². The third-order valence-corrected chi connectivity index (χ3v) is 13.1. The Morgan fingerprint density at radius 3 is 1.49 bits per heavy atom. The van der Waals surface area contributed by atoms with Gasteiger partial charge in [0.25, 0.3) is 5.24 Å². The molecule has 4 aromatic rings. The van der Waals surface area contributed by atoms with Crippen molar-refractivity contribution in [3.8, 4) is 0 Å². The van der Waals surface area contributed by atoms with E-state index in [0.717, 1.165) is 25.7 Å². The van der Waals surface area contributed by atoms with Crippen molar-refractivity contribution >= 4 is 64.8 Å². The highest BCUT2D eigenvalue weighted by molar-refractivity contribution is 7.89. The largest absolute Gasteiger partial charge is 0.463 e. The summed E-state index contributed by atoms with van der Waals surface area (Å²) in [5, 5.41) is 0.524. The number of hydrogen-bond acceptors (Lipinski definition) is 9. The molecular weight excluding hydrogens is 668 g/mol. The highest BCUT2D eigenvalue weighted by Gasteiger charge is 2.30. The van der Waals surface area contributed by atoms with Gasteiger partial charge in [-0.3, -0.25) is 4.79 Å². The van der Waals surface area contributed by atoms with Crippen LogP contribution in [-0.2, 0) is 24.8 Å². The number of sulfonamides is 2. The van der Waals surface area contributed by atoms with Gasteiger partial charge in [0.05, 0.1) is 16.9 Å². The lowest BCUT2D eigenvalue weighted by molar-refractivity contribution is 0.0566. The average molecular weight is 707 g/mol. The molecule has 2 aromatic heterocycles. The highest BCUT2D eigenvalue weighted by atomic mass is 35.5. The molecule has 47 heavy (non-hydrogen) atoms. The summed E-state index contributed by atoms with van der Waals surface area (Å²) in [6.45, 7) is 9.85. The van der Waals surface area contributed by atoms with Crippen LogP contribution in [0.2, 0.25) is 0 Å². The molecule has 2 aliphatic heterocycles. The summed E-state index contributed by atoms with van der Waals surface area (Å²) < 4.78 is 69.9. The Morgan fingerprint density at radius 1 is 0.723 bits per heavy atom. The van der Waals surface area contributed by atoms with Crippen molar-refractivity contribution in [2.24, 2.45) is 11.8 Å². The first-order valence-electron chi connectivity index (χ1n) is 15.5. The number of methoxy groups -OCH3 is 1. The maximum atomic E-state index is 12.8. The van der Waals surface area contributed by atoms with E-state index < -0.39 is 31.3 Å². The van der Waals surface area contributed by atoms with E-state index in [9.17, 15) is 26.4 Å². The molecule has 0 spiro atoms. The lowest BCUT2D eigenvalue weighted by Gasteiger charge is -2.29. The zero-order valence-electron chi connectivity index (χ0n) is 27.0. The zero-order valence-corrected chi connectivity index (χ0v) is 29.4. The maximum absolute atomic E-state index is 12.8. The average Bonchev–Trinajstić information content (AvgIpc) is 3.57. The minimum atomic E-state index is -3.53. The highest BCUT2D eigenvalue weighted by Crippen LogP contribution is 2.32. The predicted molar refractivity (Wildman–Crippen MR) is 178 cm³/mol. The zero-order chi connectivity index (χ0) is 34.3. The fraction of sp³-hybridized carbons (Fsp3) is 0.455. The van der Waals surface area contributed by atoms with Crippen LogP contribution in [0.3, 0.4) is 0 Å². The summed E-state index contributed by atoms with van der Waals surface area (Å²) >= 11 is 5.49. The molecule has 6 rings (SSSR count). The third-order valence-electron chi connectivity index (χ3n) is 9.13. The van der Waals surface area contributed by atoms with Crippen molar-refractivity contribution in [1.29, 1.82) is 0 Å². The number of halogens is 1. The monoisotopic (exact) mass is 706 g/mol. The van der Waals surface area contributed by atoms with Gasteiger partial charge in [0.15, 0.2) is 5.76 Å². The number of carbonyl (C=O) groups excluding carboxylic acids is 2. The van der Waals surface area contributed by atoms with Crippen LogP contribution in [0.25, 0.3) is 21.9 Å². The van der Waals surface area contributed by atoms with E-state index in [2.05, 4.69) is 13.8 Å². The lowest BCUT2D eigenvalue weighted by Crippen LogP contribution is -2.37. The molecule has 2 fully saturated rings. The Kier molecular flexibility index (Phi) is 10.2. The Hall–Kier alpha value is -3.23. The van der Waals surface area contributed by atoms with Crippen LogP contribution in [0.1, 0.15) is 71.8 Å². The molecule has 2 aromatic carbocycles. The second-order valence-corrected chi connectivity index (χ2v) is 16.6. The van der Waals surface area contributed by atoms with Gasteiger partial charge in [-0.1, -0.05) is 13.8 Å². The number of carbonyl (C=O) groups is 2. The molecule has 0 N–H and O–H groups in total. The van der Waals surface area contributed by atoms with Gasteiger partial charge in [0, 0.05) is 48.1 Å². The van der Waals surface area contributed by atoms with Gasteiger partial charge < -0.3 is 13.6 Å². The van der Waals surface area contributed by atoms with Crippen molar-refractivity contribution in [2.45, 2.75) is 63.2 Å². The first kappa shape index (κ1) is 35.1. The van der Waals surface area contributed by atoms with Gasteiger partial charge in [-0.15, -0.1) is 0 Å². The fourth-order valence-corrected chi connectivity index (χ4v) is 9.12. The van der Waals surface area contributed by atoms with E-state index in [4.69, 9.17) is 25.2 Å². The van der Waals surface area contributed by atoms with Gasteiger partial charge in [-0.2, -0.15) is 8.61 Å². The predicted octanol–water partition coefficient (Wildman–Crippen LogP) is 6.49. The van der Waals surface area contributed by atoms with Gasteiger partial charge in [-0.05, 0) is 99.4 Å². The third kappa shape index (κ3) is 7.00. The number of hydrogen-bond donors (Lipinski definition) is 0. The summed E-state index contributed by atoms with van der Waals surface area (Å²) in [5.74, 6) is 0.699. The van der Waals surface area contributed by atoms with E-state index in [1.807, 2.05) is 0 Å². The number of fused-ring (bicyclic) bond motifs is 2. The number of nitrogens with zero attached hydrogens (tertiary/aromatic N) is 2. The van der Waals surface area contributed by atoms with Gasteiger partial charge in [0.2, 0.25) is 25.8 Å². The SMILES string of the molecule is COC(=O)c1oc2ccc(S(=O)(=O)N3CCC(C)CC3)cc2c1C.Cc1c(C(=O)Cl)oc2ccc(S(=O)(=O)N3CCC(C)CC3)cc12. The van der Waals surface area contributed by atoms with E-state index >= 15 is 0 Å². The smallest absolute Gasteiger partial charge is 0.374 e. The Morgan fingerprint density at radius 2 is 1.11 bits per heavy atom.